The van der Waals surface area contributed by atoms with Crippen molar-refractivity contribution < 1.29 is 9.53 Å². The highest BCUT2D eigenvalue weighted by Crippen LogP contribution is 2.19. The van der Waals surface area contributed by atoms with E-state index in [4.69, 9.17) is 4.74 Å². The Morgan fingerprint density at radius 3 is 2.29 bits per heavy atom. The first-order valence-corrected chi connectivity index (χ1v) is 11.1. The van der Waals surface area contributed by atoms with Crippen LogP contribution < -0.4 is 21.2 Å². The minimum absolute atomic E-state index is 0.172. The highest BCUT2D eigenvalue weighted by atomic mass is 16.5. The second-order valence-corrected chi connectivity index (χ2v) is 7.96. The van der Waals surface area contributed by atoms with Crippen LogP contribution in [-0.4, -0.2) is 38.9 Å². The lowest BCUT2D eigenvalue weighted by Crippen LogP contribution is -2.35. The van der Waals surface area contributed by atoms with E-state index < -0.39 is 0 Å². The molecule has 0 aliphatic heterocycles. The molecule has 4 aromatic rings. The zero-order valence-electron chi connectivity index (χ0n) is 19.5. The SMILES string of the molecule is COc1ccc(-c2ccc(=O)n(CCNC(=O)Cn3cnc(-c4ccc(C)cc4)cc3=O)n2)cc1. The molecule has 1 N–H and O–H groups in total. The highest BCUT2D eigenvalue weighted by Gasteiger charge is 2.08. The predicted molar refractivity (Wildman–Crippen MR) is 132 cm³/mol. The van der Waals surface area contributed by atoms with Gasteiger partial charge in [-0.05, 0) is 37.3 Å². The smallest absolute Gasteiger partial charge is 0.266 e. The fourth-order valence-corrected chi connectivity index (χ4v) is 3.46. The van der Waals surface area contributed by atoms with Crippen molar-refractivity contribution in [2.24, 2.45) is 0 Å². The van der Waals surface area contributed by atoms with E-state index in [0.717, 1.165) is 22.4 Å². The third-order valence-electron chi connectivity index (χ3n) is 5.44. The van der Waals surface area contributed by atoms with Crippen molar-refractivity contribution in [3.63, 3.8) is 0 Å². The molecule has 0 spiro atoms. The largest absolute Gasteiger partial charge is 0.497 e. The standard InChI is InChI=1S/C26H25N5O4/c1-18-3-5-20(6-4-18)23-15-26(34)30(17-28-23)16-24(32)27-13-14-31-25(33)12-11-22(29-31)19-7-9-21(35-2)10-8-19/h3-12,15,17H,13-14,16H2,1-2H3,(H,27,32). The average molecular weight is 472 g/mol. The molecule has 0 aliphatic carbocycles. The maximum atomic E-state index is 12.4. The molecule has 35 heavy (non-hydrogen) atoms. The molecule has 1 amide bonds. The quantitative estimate of drug-likeness (QED) is 0.422. The summed E-state index contributed by atoms with van der Waals surface area (Å²) < 4.78 is 7.70. The Balaban J connectivity index is 1.36. The summed E-state index contributed by atoms with van der Waals surface area (Å²) in [6.45, 7) is 2.18. The van der Waals surface area contributed by atoms with Gasteiger partial charge in [-0.2, -0.15) is 5.10 Å². The van der Waals surface area contributed by atoms with Crippen LogP contribution in [0, 0.1) is 6.92 Å². The minimum Gasteiger partial charge on any atom is -0.497 e. The number of hydrogen-bond acceptors (Lipinski definition) is 6. The molecule has 0 unspecified atom stereocenters. The van der Waals surface area contributed by atoms with Crippen molar-refractivity contribution in [1.82, 2.24) is 24.6 Å². The minimum atomic E-state index is -0.364. The van der Waals surface area contributed by atoms with Gasteiger partial charge in [-0.25, -0.2) is 9.67 Å². The van der Waals surface area contributed by atoms with E-state index in [0.29, 0.717) is 11.4 Å². The van der Waals surface area contributed by atoms with Gasteiger partial charge >= 0.3 is 0 Å². The maximum absolute atomic E-state index is 12.4. The van der Waals surface area contributed by atoms with Crippen molar-refractivity contribution in [1.29, 1.82) is 0 Å². The van der Waals surface area contributed by atoms with Crippen LogP contribution in [-0.2, 0) is 17.9 Å². The number of carbonyl (C=O) groups is 1. The summed E-state index contributed by atoms with van der Waals surface area (Å²) in [5, 5.41) is 7.10. The first kappa shape index (κ1) is 23.6. The average Bonchev–Trinajstić information content (AvgIpc) is 2.87. The molecule has 9 heteroatoms. The summed E-state index contributed by atoms with van der Waals surface area (Å²) in [6.07, 6.45) is 1.36. The Hall–Kier alpha value is -4.53. The van der Waals surface area contributed by atoms with E-state index in [1.165, 1.54) is 27.7 Å². The highest BCUT2D eigenvalue weighted by molar-refractivity contribution is 5.75. The topological polar surface area (TPSA) is 108 Å². The Bertz CT molecular complexity index is 1440. The monoisotopic (exact) mass is 471 g/mol. The van der Waals surface area contributed by atoms with Gasteiger partial charge in [0, 0.05) is 29.8 Å². The summed E-state index contributed by atoms with van der Waals surface area (Å²) in [5.41, 5.74) is 3.37. The molecule has 0 aliphatic rings. The molecular weight excluding hydrogens is 446 g/mol. The zero-order chi connectivity index (χ0) is 24.8. The zero-order valence-corrected chi connectivity index (χ0v) is 19.5. The molecule has 2 aromatic carbocycles. The van der Waals surface area contributed by atoms with E-state index in [9.17, 15) is 14.4 Å². The molecule has 2 heterocycles. The lowest BCUT2D eigenvalue weighted by atomic mass is 10.1. The van der Waals surface area contributed by atoms with Crippen LogP contribution in [0.2, 0.25) is 0 Å². The van der Waals surface area contributed by atoms with E-state index in [-0.39, 0.29) is 36.7 Å². The predicted octanol–water partition coefficient (Wildman–Crippen LogP) is 2.27. The molecule has 0 radical (unpaired) electrons. The van der Waals surface area contributed by atoms with Gasteiger partial charge in [0.05, 0.1) is 31.4 Å². The molecule has 0 saturated heterocycles. The summed E-state index contributed by atoms with van der Waals surface area (Å²) in [7, 11) is 1.59. The van der Waals surface area contributed by atoms with Gasteiger partial charge in [0.2, 0.25) is 5.91 Å². The Morgan fingerprint density at radius 2 is 1.60 bits per heavy atom. The number of hydrogen-bond donors (Lipinski definition) is 1. The molecule has 0 bridgehead atoms. The van der Waals surface area contributed by atoms with Gasteiger partial charge in [-0.1, -0.05) is 29.8 Å². The lowest BCUT2D eigenvalue weighted by Gasteiger charge is -2.10. The van der Waals surface area contributed by atoms with Gasteiger partial charge < -0.3 is 10.1 Å². The number of nitrogens with one attached hydrogen (secondary N) is 1. The van der Waals surface area contributed by atoms with Crippen molar-refractivity contribution >= 4 is 5.91 Å². The van der Waals surface area contributed by atoms with Crippen LogP contribution in [0.4, 0.5) is 0 Å². The maximum Gasteiger partial charge on any atom is 0.266 e. The van der Waals surface area contributed by atoms with Crippen LogP contribution >= 0.6 is 0 Å². The molecule has 0 fully saturated rings. The van der Waals surface area contributed by atoms with E-state index >= 15 is 0 Å². The molecular formula is C26H25N5O4. The number of carbonyl (C=O) groups excluding carboxylic acids is 1. The fraction of sp³-hybridized carbons (Fsp3) is 0.192. The summed E-state index contributed by atoms with van der Waals surface area (Å²) in [5.74, 6) is 0.361. The second kappa shape index (κ2) is 10.6. The van der Waals surface area contributed by atoms with E-state index in [2.05, 4.69) is 15.4 Å². The van der Waals surface area contributed by atoms with Crippen LogP contribution in [0.15, 0.2) is 82.6 Å². The fourth-order valence-electron chi connectivity index (χ4n) is 3.46. The lowest BCUT2D eigenvalue weighted by molar-refractivity contribution is -0.121. The molecule has 178 valence electrons. The first-order chi connectivity index (χ1) is 16.9. The van der Waals surface area contributed by atoms with Crippen molar-refractivity contribution in [2.45, 2.75) is 20.0 Å². The van der Waals surface area contributed by atoms with Crippen LogP contribution in [0.1, 0.15) is 5.56 Å². The summed E-state index contributed by atoms with van der Waals surface area (Å²) >= 11 is 0. The van der Waals surface area contributed by atoms with Gasteiger partial charge in [-0.3, -0.25) is 19.0 Å². The van der Waals surface area contributed by atoms with Crippen molar-refractivity contribution in [2.75, 3.05) is 13.7 Å². The third kappa shape index (κ3) is 5.89. The molecule has 4 rings (SSSR count). The number of aryl methyl sites for hydroxylation is 1. The van der Waals surface area contributed by atoms with Crippen molar-refractivity contribution in [3.05, 3.63) is 99.3 Å². The van der Waals surface area contributed by atoms with E-state index in [1.54, 1.807) is 13.2 Å². The van der Waals surface area contributed by atoms with Gasteiger partial charge in [0.15, 0.2) is 0 Å². The third-order valence-corrected chi connectivity index (χ3v) is 5.44. The number of methoxy groups -OCH3 is 1. The van der Waals surface area contributed by atoms with Crippen molar-refractivity contribution in [3.8, 4) is 28.3 Å². The number of nitrogens with zero attached hydrogens (tertiary/aromatic N) is 4. The number of ether oxygens (including phenoxy) is 1. The molecule has 2 aromatic heterocycles. The molecule has 0 saturated carbocycles. The first-order valence-electron chi connectivity index (χ1n) is 11.1. The number of rotatable bonds is 8. The van der Waals surface area contributed by atoms with Gasteiger partial charge in [-0.15, -0.1) is 0 Å². The van der Waals surface area contributed by atoms with Crippen LogP contribution in [0.25, 0.3) is 22.5 Å². The Labute approximate surface area is 201 Å². The Kier molecular flexibility index (Phi) is 7.15. The summed E-state index contributed by atoms with van der Waals surface area (Å²) in [4.78, 5) is 41.3. The summed E-state index contributed by atoms with van der Waals surface area (Å²) in [6, 6.07) is 19.5. The van der Waals surface area contributed by atoms with Crippen LogP contribution in [0.5, 0.6) is 5.75 Å². The normalized spacial score (nSPS) is 10.7. The second-order valence-electron chi connectivity index (χ2n) is 7.96. The molecule has 0 atom stereocenters. The number of aromatic nitrogens is 4. The number of benzene rings is 2. The Morgan fingerprint density at radius 1 is 0.914 bits per heavy atom. The molecule has 9 nitrogen and oxygen atoms in total. The van der Waals surface area contributed by atoms with E-state index in [1.807, 2.05) is 55.5 Å². The van der Waals surface area contributed by atoms with Gasteiger partial charge in [0.1, 0.15) is 12.3 Å². The van der Waals surface area contributed by atoms with Gasteiger partial charge in [0.25, 0.3) is 11.1 Å². The van der Waals surface area contributed by atoms with Crippen LogP contribution in [0.3, 0.4) is 0 Å². The number of amides is 1.